The predicted molar refractivity (Wildman–Crippen MR) is 45.6 cm³/mol. The zero-order chi connectivity index (χ0) is 9.45. The van der Waals surface area contributed by atoms with E-state index in [1.807, 2.05) is 0 Å². The lowest BCUT2D eigenvalue weighted by Gasteiger charge is -2.16. The van der Waals surface area contributed by atoms with Gasteiger partial charge >= 0.3 is 0 Å². The molecule has 0 aromatic heterocycles. The number of hydrogen-bond donors (Lipinski definition) is 4. The molecule has 0 aliphatic carbocycles. The molecule has 0 aromatic carbocycles. The molecule has 5 nitrogen and oxygen atoms in total. The van der Waals surface area contributed by atoms with Gasteiger partial charge in [0.25, 0.3) is 0 Å². The fraction of sp³-hybridized carbons (Fsp3) is 1.00. The van der Waals surface area contributed by atoms with Crippen molar-refractivity contribution in [2.75, 3.05) is 33.1 Å². The fourth-order valence-electron chi connectivity index (χ4n) is 0.411. The van der Waals surface area contributed by atoms with E-state index in [4.69, 9.17) is 20.7 Å². The van der Waals surface area contributed by atoms with Crippen molar-refractivity contribution >= 4 is 0 Å². The van der Waals surface area contributed by atoms with Crippen LogP contribution in [0.3, 0.4) is 0 Å². The Morgan fingerprint density at radius 3 is 2.17 bits per heavy atom. The second-order valence-corrected chi connectivity index (χ2v) is 3.02. The summed E-state index contributed by atoms with van der Waals surface area (Å²) in [5, 5.41) is 19.6. The van der Waals surface area contributed by atoms with Crippen LogP contribution in [0, 0.1) is 0 Å². The molecule has 74 valence electrons. The van der Waals surface area contributed by atoms with Crippen molar-refractivity contribution in [2.45, 2.75) is 12.5 Å². The van der Waals surface area contributed by atoms with Gasteiger partial charge in [-0.3, -0.25) is 5.32 Å². The van der Waals surface area contributed by atoms with Gasteiger partial charge in [-0.2, -0.15) is 0 Å². The molecule has 0 spiro atoms. The zero-order valence-corrected chi connectivity index (χ0v) is 7.42. The Bertz CT molecular complexity index is 91.2. The van der Waals surface area contributed by atoms with Crippen LogP contribution in [0.1, 0.15) is 6.92 Å². The lowest BCUT2D eigenvalue weighted by atomic mass is 10.1. The van der Waals surface area contributed by atoms with Crippen molar-refractivity contribution in [3.05, 3.63) is 0 Å². The highest BCUT2D eigenvalue weighted by molar-refractivity contribution is 4.74. The van der Waals surface area contributed by atoms with Gasteiger partial charge in [-0.25, -0.2) is 0 Å². The van der Waals surface area contributed by atoms with Crippen molar-refractivity contribution < 1.29 is 14.9 Å². The van der Waals surface area contributed by atoms with Gasteiger partial charge in [0.2, 0.25) is 0 Å². The third-order valence-corrected chi connectivity index (χ3v) is 1.35. The van der Waals surface area contributed by atoms with Crippen molar-refractivity contribution in [1.29, 1.82) is 0 Å². The van der Waals surface area contributed by atoms with Gasteiger partial charge in [0.1, 0.15) is 0 Å². The second kappa shape index (κ2) is 6.33. The number of hydrogen-bond acceptors (Lipinski definition) is 5. The van der Waals surface area contributed by atoms with E-state index in [0.717, 1.165) is 19.9 Å². The van der Waals surface area contributed by atoms with E-state index in [2.05, 4.69) is 5.32 Å². The van der Waals surface area contributed by atoms with Crippen LogP contribution in [0.2, 0.25) is 0 Å². The van der Waals surface area contributed by atoms with Gasteiger partial charge in [0.05, 0.1) is 32.1 Å². The second-order valence-electron chi connectivity index (χ2n) is 3.02. The Morgan fingerprint density at radius 2 is 2.08 bits per heavy atom. The maximum absolute atomic E-state index is 8.31. The van der Waals surface area contributed by atoms with E-state index in [-0.39, 0.29) is 13.2 Å². The van der Waals surface area contributed by atoms with Gasteiger partial charge in [0, 0.05) is 6.54 Å². The molecule has 0 radical (unpaired) electrons. The molecule has 0 unspecified atom stereocenters. The highest BCUT2D eigenvalue weighted by Gasteiger charge is 2.13. The third kappa shape index (κ3) is 6.51. The molecule has 1 aliphatic rings. The van der Waals surface area contributed by atoms with Crippen molar-refractivity contribution in [3.8, 4) is 0 Å². The summed E-state index contributed by atoms with van der Waals surface area (Å²) >= 11 is 0. The lowest BCUT2D eigenvalue weighted by molar-refractivity contribution is 0.134. The zero-order valence-electron chi connectivity index (χ0n) is 7.42. The summed E-state index contributed by atoms with van der Waals surface area (Å²) in [6.45, 7) is 3.89. The summed E-state index contributed by atoms with van der Waals surface area (Å²) in [6.07, 6.45) is 0. The first kappa shape index (κ1) is 11.8. The Kier molecular flexibility index (Phi) is 6.23. The molecule has 0 aromatic rings. The molecule has 1 fully saturated rings. The summed E-state index contributed by atoms with van der Waals surface area (Å²) in [4.78, 5) is 0. The maximum atomic E-state index is 8.31. The number of rotatable bonds is 2. The average molecular weight is 178 g/mol. The molecule has 0 amide bonds. The molecule has 1 aliphatic heterocycles. The molecular weight excluding hydrogens is 160 g/mol. The van der Waals surface area contributed by atoms with Crippen LogP contribution in [0.25, 0.3) is 0 Å². The summed E-state index contributed by atoms with van der Waals surface area (Å²) in [7, 11) is 0. The smallest absolute Gasteiger partial charge is 0.0966 e. The molecule has 0 bridgehead atoms. The largest absolute Gasteiger partial charge is 0.394 e. The summed E-state index contributed by atoms with van der Waals surface area (Å²) in [6, 6.07) is 0. The first-order chi connectivity index (χ1) is 5.62. The van der Waals surface area contributed by atoms with E-state index in [1.165, 1.54) is 0 Å². The molecule has 12 heavy (non-hydrogen) atoms. The van der Waals surface area contributed by atoms with Gasteiger partial charge in [-0.05, 0) is 6.92 Å². The van der Waals surface area contributed by atoms with Crippen LogP contribution < -0.4 is 11.1 Å². The average Bonchev–Trinajstić information content (AvgIpc) is 2.62. The SMILES string of the molecule is C1COCN1.CC(N)(CO)CO. The Balaban J connectivity index is 0.000000211. The molecule has 0 atom stereocenters. The topological polar surface area (TPSA) is 87.7 Å². The Labute approximate surface area is 72.5 Å². The van der Waals surface area contributed by atoms with Crippen LogP contribution >= 0.6 is 0 Å². The number of aliphatic hydroxyl groups is 2. The first-order valence-electron chi connectivity index (χ1n) is 3.91. The predicted octanol–water partition coefficient (Wildman–Crippen LogP) is -1.75. The summed E-state index contributed by atoms with van der Waals surface area (Å²) < 4.78 is 4.83. The van der Waals surface area contributed by atoms with Crippen molar-refractivity contribution in [1.82, 2.24) is 5.32 Å². The molecule has 0 saturated carbocycles. The van der Waals surface area contributed by atoms with E-state index in [0.29, 0.717) is 0 Å². The van der Waals surface area contributed by atoms with Crippen LogP contribution in [0.4, 0.5) is 0 Å². The van der Waals surface area contributed by atoms with Gasteiger partial charge < -0.3 is 20.7 Å². The minimum Gasteiger partial charge on any atom is -0.394 e. The summed E-state index contributed by atoms with van der Waals surface area (Å²) in [5.41, 5.74) is 4.41. The van der Waals surface area contributed by atoms with Crippen LogP contribution in [0.5, 0.6) is 0 Å². The lowest BCUT2D eigenvalue weighted by Crippen LogP contribution is -2.43. The van der Waals surface area contributed by atoms with Crippen molar-refractivity contribution in [2.24, 2.45) is 5.73 Å². The molecule has 1 saturated heterocycles. The van der Waals surface area contributed by atoms with E-state index >= 15 is 0 Å². The number of aliphatic hydroxyl groups excluding tert-OH is 2. The molecule has 1 heterocycles. The number of nitrogens with two attached hydrogens (primary N) is 1. The maximum Gasteiger partial charge on any atom is 0.0966 e. The Hall–Kier alpha value is -0.200. The minimum atomic E-state index is -0.806. The van der Waals surface area contributed by atoms with E-state index in [1.54, 1.807) is 6.92 Å². The van der Waals surface area contributed by atoms with E-state index in [9.17, 15) is 0 Å². The van der Waals surface area contributed by atoms with Crippen LogP contribution in [-0.4, -0.2) is 48.8 Å². The highest BCUT2D eigenvalue weighted by atomic mass is 16.5. The Morgan fingerprint density at radius 1 is 1.50 bits per heavy atom. The molecular formula is C7H18N2O3. The summed E-state index contributed by atoms with van der Waals surface area (Å²) in [5.74, 6) is 0. The van der Waals surface area contributed by atoms with Gasteiger partial charge in [0.15, 0.2) is 0 Å². The minimum absolute atomic E-state index is 0.177. The molecule has 5 heteroatoms. The normalized spacial score (nSPS) is 17.0. The monoisotopic (exact) mass is 178 g/mol. The van der Waals surface area contributed by atoms with E-state index < -0.39 is 5.54 Å². The van der Waals surface area contributed by atoms with Gasteiger partial charge in [-0.15, -0.1) is 0 Å². The van der Waals surface area contributed by atoms with Crippen molar-refractivity contribution in [3.63, 3.8) is 0 Å². The number of nitrogens with one attached hydrogen (secondary N) is 1. The molecule has 5 N–H and O–H groups in total. The first-order valence-corrected chi connectivity index (χ1v) is 3.91. The van der Waals surface area contributed by atoms with Gasteiger partial charge in [-0.1, -0.05) is 0 Å². The quantitative estimate of drug-likeness (QED) is 0.403. The van der Waals surface area contributed by atoms with Crippen LogP contribution in [0.15, 0.2) is 0 Å². The highest BCUT2D eigenvalue weighted by Crippen LogP contribution is 1.91. The molecule has 1 rings (SSSR count). The number of ether oxygens (including phenoxy) is 1. The standard InChI is InChI=1S/C4H11NO2.C3H7NO/c1-4(5,2-6)3-7;1-2-5-3-4-1/h6-7H,2-3,5H2,1H3;4H,1-3H2. The fourth-order valence-corrected chi connectivity index (χ4v) is 0.411. The third-order valence-electron chi connectivity index (χ3n) is 1.35. The van der Waals surface area contributed by atoms with Crippen LogP contribution in [-0.2, 0) is 4.74 Å².